The van der Waals surface area contributed by atoms with Crippen molar-refractivity contribution in [3.8, 4) is 0 Å². The Labute approximate surface area is 199 Å². The first-order valence-corrected chi connectivity index (χ1v) is 11.5. The Morgan fingerprint density at radius 2 is 1.85 bits per heavy atom. The summed E-state index contributed by atoms with van der Waals surface area (Å²) in [5.74, 6) is -0.154. The molecule has 3 fully saturated rings. The minimum absolute atomic E-state index is 0.0338. The number of nitrogens with zero attached hydrogens (tertiary/aromatic N) is 4. The number of alkyl halides is 4. The third-order valence-corrected chi connectivity index (χ3v) is 6.55. The molecule has 0 aromatic carbocycles. The maximum atomic E-state index is 12.7. The van der Waals surface area contributed by atoms with Crippen LogP contribution in [0.5, 0.6) is 0 Å². The maximum absolute atomic E-state index is 12.7. The first kappa shape index (κ1) is 24.9. The largest absolute Gasteiger partial charge is 0.419 e. The fourth-order valence-electron chi connectivity index (χ4n) is 4.12. The molecular weight excluding hydrogens is 481 g/mol. The first-order chi connectivity index (χ1) is 16.2. The number of carbonyl (C=O) groups excluding carboxylic acids is 2. The molecule has 188 valence electrons. The number of rotatable bonds is 6. The number of hydrazine groups is 1. The second-order valence-electron chi connectivity index (χ2n) is 8.44. The van der Waals surface area contributed by atoms with Crippen LogP contribution < -0.4 is 15.8 Å². The number of carbonyl (C=O) groups is 2. The van der Waals surface area contributed by atoms with E-state index in [2.05, 4.69) is 20.8 Å². The van der Waals surface area contributed by atoms with E-state index in [0.717, 1.165) is 25.2 Å². The molecule has 3 aliphatic rings. The zero-order chi connectivity index (χ0) is 24.3. The lowest BCUT2D eigenvalue weighted by Gasteiger charge is -2.35. The Bertz CT molecular complexity index is 869. The Morgan fingerprint density at radius 3 is 2.53 bits per heavy atom. The lowest BCUT2D eigenvalue weighted by atomic mass is 10.1. The van der Waals surface area contributed by atoms with Gasteiger partial charge in [0.05, 0.1) is 36.9 Å². The fraction of sp³-hybridized carbons (Fsp3) is 0.700. The number of hydrogen-bond acceptors (Lipinski definition) is 8. The molecule has 4 heterocycles. The third-order valence-electron chi connectivity index (χ3n) is 6.07. The molecule has 2 amide bonds. The Balaban J connectivity index is 1.18. The second-order valence-corrected chi connectivity index (χ2v) is 8.91. The van der Waals surface area contributed by atoms with Crippen molar-refractivity contribution in [2.45, 2.75) is 49.1 Å². The molecular formula is C20H26ClF3N6O4. The van der Waals surface area contributed by atoms with Crippen molar-refractivity contribution in [2.75, 3.05) is 44.2 Å². The average Bonchev–Trinajstić information content (AvgIpc) is 3.27. The molecule has 14 heteroatoms. The molecule has 10 nitrogen and oxygen atoms in total. The molecule has 0 bridgehead atoms. The number of piperazine rings is 1. The quantitative estimate of drug-likeness (QED) is 0.543. The molecule has 1 aromatic rings. The molecule has 4 rings (SSSR count). The zero-order valence-corrected chi connectivity index (χ0v) is 19.0. The molecule has 0 radical (unpaired) electrons. The average molecular weight is 507 g/mol. The fourth-order valence-corrected chi connectivity index (χ4v) is 4.33. The van der Waals surface area contributed by atoms with Gasteiger partial charge in [-0.1, -0.05) is 0 Å². The van der Waals surface area contributed by atoms with Gasteiger partial charge in [-0.25, -0.2) is 15.4 Å². The van der Waals surface area contributed by atoms with E-state index >= 15 is 0 Å². The molecule has 3 saturated heterocycles. The Hall–Kier alpha value is -2.22. The van der Waals surface area contributed by atoms with Crippen LogP contribution in [-0.4, -0.2) is 89.7 Å². The van der Waals surface area contributed by atoms with Gasteiger partial charge in [-0.05, 0) is 12.8 Å². The van der Waals surface area contributed by atoms with Crippen LogP contribution in [0.25, 0.3) is 0 Å². The van der Waals surface area contributed by atoms with Gasteiger partial charge in [0.2, 0.25) is 11.9 Å². The lowest BCUT2D eigenvalue weighted by molar-refractivity contribution is -0.138. The highest BCUT2D eigenvalue weighted by Crippen LogP contribution is 2.28. The monoisotopic (exact) mass is 506 g/mol. The van der Waals surface area contributed by atoms with Crippen molar-refractivity contribution in [3.63, 3.8) is 0 Å². The summed E-state index contributed by atoms with van der Waals surface area (Å²) in [6.07, 6.45) is -2.05. The molecule has 0 aliphatic carbocycles. The number of ether oxygens (including phenoxy) is 2. The van der Waals surface area contributed by atoms with Crippen LogP contribution in [0.4, 0.5) is 19.1 Å². The summed E-state index contributed by atoms with van der Waals surface area (Å²) in [6.45, 7) is 2.41. The minimum Gasteiger partial charge on any atom is -0.372 e. The highest BCUT2D eigenvalue weighted by molar-refractivity contribution is 6.31. The van der Waals surface area contributed by atoms with E-state index in [-0.39, 0.29) is 36.4 Å². The van der Waals surface area contributed by atoms with Gasteiger partial charge in [0.15, 0.2) is 0 Å². The van der Waals surface area contributed by atoms with E-state index in [1.807, 2.05) is 0 Å². The van der Waals surface area contributed by atoms with Crippen LogP contribution in [0.3, 0.4) is 0 Å². The van der Waals surface area contributed by atoms with Crippen LogP contribution in [0.1, 0.15) is 24.8 Å². The van der Waals surface area contributed by atoms with Crippen molar-refractivity contribution < 1.29 is 32.2 Å². The SMILES string of the molecule is O=C1NNCC(OC[C@@H]2CC[C@H](CC(=O)N3CCN(c4ncc(C(F)(F)F)cn4)CC3)O2)C1Cl. The number of amides is 2. The molecule has 4 atom stereocenters. The number of aromatic nitrogens is 2. The van der Waals surface area contributed by atoms with Gasteiger partial charge in [0.1, 0.15) is 5.38 Å². The standard InChI is InChI=1S/C20H26ClF3N6O4/c21-17-15(10-27-28-18(17)32)33-11-14-2-1-13(34-14)7-16(31)29-3-5-30(6-4-29)19-25-8-12(9-26-19)20(22,23)24/h8-9,13-15,17,27H,1-7,10-11H2,(H,28,32)/t13-,14+,15?,17?/m1/s1. The van der Waals surface area contributed by atoms with E-state index in [0.29, 0.717) is 39.3 Å². The Morgan fingerprint density at radius 1 is 1.18 bits per heavy atom. The van der Waals surface area contributed by atoms with Crippen molar-refractivity contribution in [1.82, 2.24) is 25.7 Å². The molecule has 0 spiro atoms. The summed E-state index contributed by atoms with van der Waals surface area (Å²) in [6, 6.07) is 0. The lowest BCUT2D eigenvalue weighted by Crippen LogP contribution is -2.57. The van der Waals surface area contributed by atoms with E-state index in [9.17, 15) is 22.8 Å². The predicted molar refractivity (Wildman–Crippen MR) is 114 cm³/mol. The van der Waals surface area contributed by atoms with Crippen molar-refractivity contribution in [1.29, 1.82) is 0 Å². The van der Waals surface area contributed by atoms with Gasteiger partial charge in [-0.3, -0.25) is 15.0 Å². The van der Waals surface area contributed by atoms with Gasteiger partial charge in [-0.2, -0.15) is 13.2 Å². The van der Waals surface area contributed by atoms with Crippen molar-refractivity contribution in [2.24, 2.45) is 0 Å². The van der Waals surface area contributed by atoms with Gasteiger partial charge in [0, 0.05) is 45.1 Å². The number of anilines is 1. The van der Waals surface area contributed by atoms with Crippen LogP contribution in [0.15, 0.2) is 12.4 Å². The molecule has 0 saturated carbocycles. The summed E-state index contributed by atoms with van der Waals surface area (Å²) in [7, 11) is 0. The highest BCUT2D eigenvalue weighted by Gasteiger charge is 2.35. The summed E-state index contributed by atoms with van der Waals surface area (Å²) in [4.78, 5) is 35.4. The van der Waals surface area contributed by atoms with E-state index < -0.39 is 23.2 Å². The van der Waals surface area contributed by atoms with Crippen molar-refractivity contribution >= 4 is 29.4 Å². The number of halogens is 4. The summed E-state index contributed by atoms with van der Waals surface area (Å²) in [5.41, 5.74) is 4.28. The Kier molecular flexibility index (Phi) is 7.75. The second kappa shape index (κ2) is 10.6. The minimum atomic E-state index is -4.48. The highest BCUT2D eigenvalue weighted by atomic mass is 35.5. The number of hydrogen-bond donors (Lipinski definition) is 2. The van der Waals surface area contributed by atoms with E-state index in [1.165, 1.54) is 0 Å². The summed E-state index contributed by atoms with van der Waals surface area (Å²) < 4.78 is 49.7. The van der Waals surface area contributed by atoms with Gasteiger partial charge >= 0.3 is 6.18 Å². The van der Waals surface area contributed by atoms with Gasteiger partial charge in [0.25, 0.3) is 5.91 Å². The van der Waals surface area contributed by atoms with E-state index in [1.54, 1.807) is 9.80 Å². The normalized spacial score (nSPS) is 28.2. The summed E-state index contributed by atoms with van der Waals surface area (Å²) in [5, 5.41) is -0.772. The summed E-state index contributed by atoms with van der Waals surface area (Å²) >= 11 is 6.05. The predicted octanol–water partition coefficient (Wildman–Crippen LogP) is 0.709. The van der Waals surface area contributed by atoms with Crippen molar-refractivity contribution in [3.05, 3.63) is 18.0 Å². The van der Waals surface area contributed by atoms with Gasteiger partial charge < -0.3 is 19.3 Å². The molecule has 3 aliphatic heterocycles. The zero-order valence-electron chi connectivity index (χ0n) is 18.3. The maximum Gasteiger partial charge on any atom is 0.419 e. The van der Waals surface area contributed by atoms with E-state index in [4.69, 9.17) is 21.1 Å². The third kappa shape index (κ3) is 6.06. The van der Waals surface area contributed by atoms with Crippen LogP contribution in [-0.2, 0) is 25.2 Å². The number of nitrogens with one attached hydrogen (secondary N) is 2. The smallest absolute Gasteiger partial charge is 0.372 e. The topological polar surface area (TPSA) is 109 Å². The van der Waals surface area contributed by atoms with Crippen LogP contribution in [0, 0.1) is 0 Å². The van der Waals surface area contributed by atoms with Crippen LogP contribution >= 0.6 is 11.6 Å². The van der Waals surface area contributed by atoms with Gasteiger partial charge in [-0.15, -0.1) is 11.6 Å². The van der Waals surface area contributed by atoms with Crippen LogP contribution in [0.2, 0.25) is 0 Å². The molecule has 2 unspecified atom stereocenters. The molecule has 34 heavy (non-hydrogen) atoms. The molecule has 1 aromatic heterocycles. The first-order valence-electron chi connectivity index (χ1n) is 11.1. The molecule has 2 N–H and O–H groups in total.